The minimum Gasteiger partial charge on any atom is -0.320 e. The van der Waals surface area contributed by atoms with Crippen molar-refractivity contribution in [1.29, 1.82) is 0 Å². The molecule has 172 valence electrons. The predicted molar refractivity (Wildman–Crippen MR) is 142 cm³/mol. The number of hydrogen-bond acceptors (Lipinski definition) is 2. The highest BCUT2D eigenvalue weighted by atomic mass is 35.5. The van der Waals surface area contributed by atoms with Crippen LogP contribution in [0.15, 0.2) is 102 Å². The lowest BCUT2D eigenvalue weighted by atomic mass is 9.98. The van der Waals surface area contributed by atoms with Gasteiger partial charge in [0.1, 0.15) is 0 Å². The van der Waals surface area contributed by atoms with E-state index in [4.69, 9.17) is 34.5 Å². The summed E-state index contributed by atoms with van der Waals surface area (Å²) in [4.78, 5) is 2.93. The van der Waals surface area contributed by atoms with Crippen LogP contribution < -0.4 is 5.73 Å². The molecule has 0 spiro atoms. The molecule has 0 saturated carbocycles. The summed E-state index contributed by atoms with van der Waals surface area (Å²) in [6, 6.07) is 30.7. The second-order valence-corrected chi connectivity index (χ2v) is 8.77. The third-order valence-corrected chi connectivity index (χ3v) is 6.06. The van der Waals surface area contributed by atoms with Crippen molar-refractivity contribution in [3.63, 3.8) is 0 Å². The topological polar surface area (TPSA) is 74.8 Å². The van der Waals surface area contributed by atoms with Crippen LogP contribution in [0.25, 0.3) is 10.4 Å². The average molecular weight is 489 g/mol. The highest BCUT2D eigenvalue weighted by Crippen LogP contribution is 2.32. The van der Waals surface area contributed by atoms with Crippen LogP contribution in [0.1, 0.15) is 45.5 Å². The third kappa shape index (κ3) is 6.63. The van der Waals surface area contributed by atoms with Gasteiger partial charge in [-0.05, 0) is 53.8 Å². The van der Waals surface area contributed by atoms with Crippen molar-refractivity contribution in [2.24, 2.45) is 10.8 Å². The van der Waals surface area contributed by atoms with E-state index in [1.807, 2.05) is 111 Å². The van der Waals surface area contributed by atoms with Crippen LogP contribution in [-0.2, 0) is 0 Å². The van der Waals surface area contributed by atoms with Crippen LogP contribution >= 0.6 is 23.2 Å². The molecule has 0 heterocycles. The number of nitrogens with two attached hydrogens (primary N) is 1. The Morgan fingerprint density at radius 1 is 0.706 bits per heavy atom. The molecule has 0 aliphatic carbocycles. The average Bonchev–Trinajstić information content (AvgIpc) is 2.87. The highest BCUT2D eigenvalue weighted by Gasteiger charge is 2.15. The SMILES string of the molecule is Cc1ccc(Cl)c(C(N)c2ccccc2)c1.Cc1ccc(Cl)c(C(N=[N+]=[N-])c2ccccc2)c1. The zero-order valence-corrected chi connectivity index (χ0v) is 20.6. The molecule has 4 nitrogen and oxygen atoms in total. The van der Waals surface area contributed by atoms with E-state index in [9.17, 15) is 0 Å². The Labute approximate surface area is 210 Å². The van der Waals surface area contributed by atoms with Crippen LogP contribution in [0.5, 0.6) is 0 Å². The van der Waals surface area contributed by atoms with Crippen molar-refractivity contribution in [3.8, 4) is 0 Å². The summed E-state index contributed by atoms with van der Waals surface area (Å²) in [5, 5.41) is 5.20. The van der Waals surface area contributed by atoms with Gasteiger partial charge in [0.05, 0.1) is 12.1 Å². The summed E-state index contributed by atoms with van der Waals surface area (Å²) in [7, 11) is 0. The summed E-state index contributed by atoms with van der Waals surface area (Å²) in [6.07, 6.45) is 0. The molecule has 0 aliphatic heterocycles. The second kappa shape index (κ2) is 12.3. The lowest BCUT2D eigenvalue weighted by Gasteiger charge is -2.14. The molecule has 34 heavy (non-hydrogen) atoms. The smallest absolute Gasteiger partial charge is 0.0890 e. The van der Waals surface area contributed by atoms with E-state index < -0.39 is 0 Å². The van der Waals surface area contributed by atoms with Gasteiger partial charge in [-0.2, -0.15) is 0 Å². The monoisotopic (exact) mass is 488 g/mol. The fraction of sp³-hybridized carbons (Fsp3) is 0.143. The van der Waals surface area contributed by atoms with Gasteiger partial charge < -0.3 is 5.73 Å². The fourth-order valence-corrected chi connectivity index (χ4v) is 4.07. The van der Waals surface area contributed by atoms with Crippen molar-refractivity contribution in [3.05, 3.63) is 151 Å². The summed E-state index contributed by atoms with van der Waals surface area (Å²) >= 11 is 12.4. The second-order valence-electron chi connectivity index (χ2n) is 7.96. The number of hydrogen-bond donors (Lipinski definition) is 1. The first kappa shape index (κ1) is 25.4. The van der Waals surface area contributed by atoms with Gasteiger partial charge in [-0.15, -0.1) is 0 Å². The Kier molecular flexibility index (Phi) is 9.15. The fourth-order valence-electron chi connectivity index (χ4n) is 3.61. The lowest BCUT2D eigenvalue weighted by molar-refractivity contribution is 0.858. The first-order valence-corrected chi connectivity index (χ1v) is 11.6. The molecule has 2 unspecified atom stereocenters. The zero-order chi connectivity index (χ0) is 24.5. The number of halogens is 2. The summed E-state index contributed by atoms with van der Waals surface area (Å²) < 4.78 is 0. The largest absolute Gasteiger partial charge is 0.320 e. The van der Waals surface area contributed by atoms with E-state index in [-0.39, 0.29) is 12.1 Å². The molecule has 2 N–H and O–H groups in total. The minimum absolute atomic E-state index is 0.159. The molecule has 4 rings (SSSR count). The molecule has 0 fully saturated rings. The van der Waals surface area contributed by atoms with Crippen LogP contribution in [0.2, 0.25) is 10.0 Å². The molecule has 0 aromatic heterocycles. The van der Waals surface area contributed by atoms with Crippen LogP contribution in [0.3, 0.4) is 0 Å². The van der Waals surface area contributed by atoms with E-state index in [2.05, 4.69) is 10.0 Å². The predicted octanol–water partition coefficient (Wildman–Crippen LogP) is 8.74. The molecule has 4 aromatic carbocycles. The first-order valence-electron chi connectivity index (χ1n) is 10.8. The molecule has 2 atom stereocenters. The quantitative estimate of drug-likeness (QED) is 0.170. The maximum Gasteiger partial charge on any atom is 0.0890 e. The first-order chi connectivity index (χ1) is 16.4. The van der Waals surface area contributed by atoms with Gasteiger partial charge in [-0.1, -0.05) is 124 Å². The number of benzene rings is 4. The van der Waals surface area contributed by atoms with Crippen LogP contribution in [0.4, 0.5) is 0 Å². The molecule has 0 saturated heterocycles. The van der Waals surface area contributed by atoms with E-state index in [1.54, 1.807) is 0 Å². The van der Waals surface area contributed by atoms with Crippen molar-refractivity contribution in [2.45, 2.75) is 25.9 Å². The van der Waals surface area contributed by atoms with Gasteiger partial charge >= 0.3 is 0 Å². The van der Waals surface area contributed by atoms with E-state index in [1.165, 1.54) is 5.56 Å². The highest BCUT2D eigenvalue weighted by molar-refractivity contribution is 6.31. The van der Waals surface area contributed by atoms with E-state index in [0.717, 1.165) is 32.8 Å². The summed E-state index contributed by atoms with van der Waals surface area (Å²) in [5.41, 5.74) is 21.0. The Hall–Kier alpha value is -3.27. The normalized spacial score (nSPS) is 12.0. The summed E-state index contributed by atoms with van der Waals surface area (Å²) in [6.45, 7) is 4.02. The van der Waals surface area contributed by atoms with Crippen LogP contribution in [0, 0.1) is 13.8 Å². The molecular formula is C28H26Cl2N4. The Morgan fingerprint density at radius 2 is 1.18 bits per heavy atom. The van der Waals surface area contributed by atoms with Crippen molar-refractivity contribution >= 4 is 23.2 Å². The lowest BCUT2D eigenvalue weighted by Crippen LogP contribution is -2.12. The Morgan fingerprint density at radius 3 is 1.71 bits per heavy atom. The number of nitrogens with zero attached hydrogens (tertiary/aromatic N) is 3. The van der Waals surface area contributed by atoms with Gasteiger partial charge in [0.2, 0.25) is 0 Å². The van der Waals surface area contributed by atoms with Crippen LogP contribution in [-0.4, -0.2) is 0 Å². The summed E-state index contributed by atoms with van der Waals surface area (Å²) in [5.74, 6) is 0. The Bertz CT molecular complexity index is 1270. The molecule has 0 bridgehead atoms. The van der Waals surface area contributed by atoms with E-state index >= 15 is 0 Å². The molecule has 6 heteroatoms. The zero-order valence-electron chi connectivity index (χ0n) is 19.1. The maximum absolute atomic E-state index is 8.73. The molecule has 0 amide bonds. The van der Waals surface area contributed by atoms with Gasteiger partial charge in [-0.25, -0.2) is 0 Å². The number of aryl methyl sites for hydroxylation is 2. The van der Waals surface area contributed by atoms with Gasteiger partial charge in [0.25, 0.3) is 0 Å². The Balaban J connectivity index is 0.000000192. The molecule has 0 aliphatic rings. The van der Waals surface area contributed by atoms with Crippen molar-refractivity contribution in [2.75, 3.05) is 0 Å². The van der Waals surface area contributed by atoms with Gasteiger partial charge in [-0.3, -0.25) is 0 Å². The number of azide groups is 1. The van der Waals surface area contributed by atoms with Gasteiger partial charge in [0, 0.05) is 15.0 Å². The standard InChI is InChI=1S/C14H12ClN3.C14H14ClN/c1-10-7-8-13(15)12(9-10)14(17-18-16)11-5-3-2-4-6-11;1-10-7-8-13(15)12(9-10)14(16)11-5-3-2-4-6-11/h2-9,14H,1H3;2-9,14H,16H2,1H3. The molecule has 0 radical (unpaired) electrons. The maximum atomic E-state index is 8.73. The van der Waals surface area contributed by atoms with Crippen molar-refractivity contribution in [1.82, 2.24) is 0 Å². The molecule has 4 aromatic rings. The number of rotatable bonds is 5. The molecular weight excluding hydrogens is 463 g/mol. The van der Waals surface area contributed by atoms with Gasteiger partial charge in [0.15, 0.2) is 0 Å². The third-order valence-electron chi connectivity index (χ3n) is 5.37. The minimum atomic E-state index is -0.386. The van der Waals surface area contributed by atoms with Crippen molar-refractivity contribution < 1.29 is 0 Å². The van der Waals surface area contributed by atoms with E-state index in [0.29, 0.717) is 5.02 Å².